The number of fused-ring (bicyclic) bond motifs is 1. The number of sulfone groups is 1. The lowest BCUT2D eigenvalue weighted by Gasteiger charge is -2.38. The molecule has 4 heterocycles. The SMILES string of the molecule is Cn1nc(-c2cn(C(C3CC3)C3CC3)c(=O)c3c(N)n[nH]c23)cc1N1CCS(=O)(=O)C(C)(C)C1. The molecule has 0 aromatic carbocycles. The zero-order valence-electron chi connectivity index (χ0n) is 19.8. The van der Waals surface area contributed by atoms with Crippen molar-refractivity contribution in [2.45, 2.75) is 50.3 Å². The summed E-state index contributed by atoms with van der Waals surface area (Å²) < 4.78 is 27.8. The Balaban J connectivity index is 1.47. The second kappa shape index (κ2) is 7.10. The number of aryl methyl sites for hydroxylation is 1. The fourth-order valence-corrected chi connectivity index (χ4v) is 6.88. The number of nitrogens with two attached hydrogens (primary N) is 1. The van der Waals surface area contributed by atoms with E-state index >= 15 is 0 Å². The normalized spacial score (nSPS) is 22.1. The predicted octanol–water partition coefficient (Wildman–Crippen LogP) is 2.08. The van der Waals surface area contributed by atoms with E-state index < -0.39 is 14.6 Å². The summed E-state index contributed by atoms with van der Waals surface area (Å²) in [6, 6.07) is 2.17. The molecule has 182 valence electrons. The predicted molar refractivity (Wildman–Crippen MR) is 132 cm³/mol. The minimum Gasteiger partial charge on any atom is -0.382 e. The maximum Gasteiger partial charge on any atom is 0.264 e. The van der Waals surface area contributed by atoms with Gasteiger partial charge in [0.15, 0.2) is 15.7 Å². The minimum atomic E-state index is -3.15. The van der Waals surface area contributed by atoms with Crippen LogP contribution in [0.5, 0.6) is 0 Å². The van der Waals surface area contributed by atoms with Crippen molar-refractivity contribution in [2.24, 2.45) is 18.9 Å². The summed E-state index contributed by atoms with van der Waals surface area (Å²) in [7, 11) is -1.29. The Morgan fingerprint density at radius 2 is 1.88 bits per heavy atom. The highest BCUT2D eigenvalue weighted by molar-refractivity contribution is 7.92. The van der Waals surface area contributed by atoms with E-state index in [1.165, 1.54) is 0 Å². The summed E-state index contributed by atoms with van der Waals surface area (Å²) in [6.07, 6.45) is 6.55. The van der Waals surface area contributed by atoms with E-state index in [4.69, 9.17) is 10.8 Å². The topological polar surface area (TPSA) is 132 Å². The summed E-state index contributed by atoms with van der Waals surface area (Å²) in [5.74, 6) is 2.25. The Hall–Kier alpha value is -2.82. The highest BCUT2D eigenvalue weighted by Crippen LogP contribution is 2.52. The molecule has 3 N–H and O–H groups in total. The highest BCUT2D eigenvalue weighted by atomic mass is 32.2. The number of hydrogen-bond acceptors (Lipinski definition) is 7. The van der Waals surface area contributed by atoms with Crippen LogP contribution in [0.4, 0.5) is 11.6 Å². The van der Waals surface area contributed by atoms with Gasteiger partial charge in [0, 0.05) is 44.0 Å². The monoisotopic (exact) mass is 485 g/mol. The fraction of sp³-hybridized carbons (Fsp3) is 0.609. The third-order valence-corrected chi connectivity index (χ3v) is 10.3. The minimum absolute atomic E-state index is 0.0899. The summed E-state index contributed by atoms with van der Waals surface area (Å²) in [4.78, 5) is 15.6. The van der Waals surface area contributed by atoms with Gasteiger partial charge in [-0.3, -0.25) is 14.6 Å². The number of nitrogen functional groups attached to an aromatic ring is 1. The smallest absolute Gasteiger partial charge is 0.264 e. The van der Waals surface area contributed by atoms with E-state index in [1.807, 2.05) is 23.9 Å². The number of H-pyrrole nitrogens is 1. The van der Waals surface area contributed by atoms with E-state index in [0.29, 0.717) is 41.5 Å². The quantitative estimate of drug-likeness (QED) is 0.565. The molecule has 10 nitrogen and oxygen atoms in total. The second-order valence-electron chi connectivity index (χ2n) is 10.8. The molecule has 3 aromatic rings. The van der Waals surface area contributed by atoms with Crippen LogP contribution in [-0.4, -0.2) is 56.6 Å². The molecular weight excluding hydrogens is 454 g/mol. The second-order valence-corrected chi connectivity index (χ2v) is 13.5. The summed E-state index contributed by atoms with van der Waals surface area (Å²) in [5.41, 5.74) is 8.13. The maximum absolute atomic E-state index is 13.5. The van der Waals surface area contributed by atoms with Crippen LogP contribution in [0.2, 0.25) is 0 Å². The van der Waals surface area contributed by atoms with Gasteiger partial charge in [0.05, 0.1) is 21.7 Å². The summed E-state index contributed by atoms with van der Waals surface area (Å²) in [5, 5.41) is 12.3. The van der Waals surface area contributed by atoms with Gasteiger partial charge in [0.1, 0.15) is 11.2 Å². The van der Waals surface area contributed by atoms with E-state index in [2.05, 4.69) is 15.1 Å². The van der Waals surface area contributed by atoms with E-state index in [0.717, 1.165) is 37.1 Å². The first-order valence-corrected chi connectivity index (χ1v) is 13.6. The first-order valence-electron chi connectivity index (χ1n) is 12.0. The van der Waals surface area contributed by atoms with E-state index in [9.17, 15) is 13.2 Å². The number of hydrogen-bond donors (Lipinski definition) is 2. The van der Waals surface area contributed by atoms with Gasteiger partial charge in [-0.15, -0.1) is 0 Å². The molecule has 6 rings (SSSR count). The van der Waals surface area contributed by atoms with Crippen LogP contribution in [0.3, 0.4) is 0 Å². The molecule has 3 aromatic heterocycles. The van der Waals surface area contributed by atoms with Crippen molar-refractivity contribution in [1.29, 1.82) is 0 Å². The van der Waals surface area contributed by atoms with E-state index in [1.54, 1.807) is 18.5 Å². The lowest BCUT2D eigenvalue weighted by atomic mass is 10.0. The molecule has 0 radical (unpaired) electrons. The van der Waals surface area contributed by atoms with Crippen molar-refractivity contribution < 1.29 is 8.42 Å². The number of nitrogens with one attached hydrogen (secondary N) is 1. The number of nitrogens with zero attached hydrogens (tertiary/aromatic N) is 5. The zero-order valence-corrected chi connectivity index (χ0v) is 20.6. The summed E-state index contributed by atoms with van der Waals surface area (Å²) >= 11 is 0. The standard InChI is InChI=1S/C23H31N7O3S/c1-23(2)12-29(8-9-34(23,32)33)17-10-16(27-28(17)3)15-11-30(20(13-4-5-13)14-6-7-14)22(31)18-19(15)25-26-21(18)24/h10-11,13-14,20H,4-9,12H2,1-3H3,(H3,24,25,26). The third kappa shape index (κ3) is 3.27. The Morgan fingerprint density at radius 1 is 1.21 bits per heavy atom. The van der Waals surface area contributed by atoms with Gasteiger partial charge in [-0.05, 0) is 51.4 Å². The summed E-state index contributed by atoms with van der Waals surface area (Å²) in [6.45, 7) is 4.36. The van der Waals surface area contributed by atoms with Crippen LogP contribution in [0.15, 0.2) is 17.1 Å². The lowest BCUT2D eigenvalue weighted by Crippen LogP contribution is -2.53. The van der Waals surface area contributed by atoms with Crippen molar-refractivity contribution >= 4 is 32.4 Å². The van der Waals surface area contributed by atoms with Gasteiger partial charge in [-0.25, -0.2) is 8.42 Å². The van der Waals surface area contributed by atoms with Gasteiger partial charge >= 0.3 is 0 Å². The number of anilines is 2. The highest BCUT2D eigenvalue weighted by Gasteiger charge is 2.44. The Morgan fingerprint density at radius 3 is 2.50 bits per heavy atom. The van der Waals surface area contributed by atoms with E-state index in [-0.39, 0.29) is 23.2 Å². The average Bonchev–Trinajstić information content (AvgIpc) is 3.70. The van der Waals surface area contributed by atoms with Crippen LogP contribution < -0.4 is 16.2 Å². The van der Waals surface area contributed by atoms with Gasteiger partial charge in [-0.2, -0.15) is 10.2 Å². The van der Waals surface area contributed by atoms with Gasteiger partial charge in [0.25, 0.3) is 5.56 Å². The molecule has 0 unspecified atom stereocenters. The zero-order chi connectivity index (χ0) is 24.0. The number of aromatic nitrogens is 5. The Kier molecular flexibility index (Phi) is 4.53. The molecule has 3 fully saturated rings. The molecule has 2 saturated carbocycles. The third-order valence-electron chi connectivity index (χ3n) is 7.81. The van der Waals surface area contributed by atoms with Crippen LogP contribution in [0.25, 0.3) is 22.2 Å². The molecule has 0 bridgehead atoms. The van der Waals surface area contributed by atoms with Crippen LogP contribution in [0.1, 0.15) is 45.6 Å². The first kappa shape index (κ1) is 21.7. The van der Waals surface area contributed by atoms with Crippen molar-refractivity contribution in [3.05, 3.63) is 22.6 Å². The van der Waals surface area contributed by atoms with Gasteiger partial charge < -0.3 is 15.2 Å². The van der Waals surface area contributed by atoms with Crippen molar-refractivity contribution in [2.75, 3.05) is 29.5 Å². The number of aromatic amines is 1. The number of pyridine rings is 1. The van der Waals surface area contributed by atoms with Crippen molar-refractivity contribution in [1.82, 2.24) is 24.5 Å². The maximum atomic E-state index is 13.5. The Labute approximate surface area is 198 Å². The van der Waals surface area contributed by atoms with Gasteiger partial charge in [-0.1, -0.05) is 0 Å². The largest absolute Gasteiger partial charge is 0.382 e. The molecule has 0 atom stereocenters. The van der Waals surface area contributed by atoms with Crippen LogP contribution in [-0.2, 0) is 16.9 Å². The van der Waals surface area contributed by atoms with Gasteiger partial charge in [0.2, 0.25) is 0 Å². The van der Waals surface area contributed by atoms with Crippen molar-refractivity contribution in [3.8, 4) is 11.3 Å². The fourth-order valence-electron chi connectivity index (χ4n) is 5.51. The van der Waals surface area contributed by atoms with Crippen LogP contribution >= 0.6 is 0 Å². The lowest BCUT2D eigenvalue weighted by molar-refractivity contribution is 0.386. The molecule has 2 aliphatic carbocycles. The van der Waals surface area contributed by atoms with Crippen molar-refractivity contribution in [3.63, 3.8) is 0 Å². The molecule has 34 heavy (non-hydrogen) atoms. The molecule has 1 saturated heterocycles. The average molecular weight is 486 g/mol. The Bertz CT molecular complexity index is 1450. The van der Waals surface area contributed by atoms with Crippen LogP contribution in [0, 0.1) is 11.8 Å². The molecule has 0 amide bonds. The number of rotatable bonds is 5. The molecular formula is C23H31N7O3S. The molecule has 11 heteroatoms. The molecule has 0 spiro atoms. The molecule has 1 aliphatic heterocycles. The molecule has 3 aliphatic rings. The first-order chi connectivity index (χ1) is 16.1.